The lowest BCUT2D eigenvalue weighted by molar-refractivity contribution is 0.0660. The van der Waals surface area contributed by atoms with E-state index in [4.69, 9.17) is 4.74 Å². The van der Waals surface area contributed by atoms with E-state index in [0.29, 0.717) is 42.2 Å². The summed E-state index contributed by atoms with van der Waals surface area (Å²) in [6.07, 6.45) is 6.52. The van der Waals surface area contributed by atoms with Crippen LogP contribution in [0, 0.1) is 12.7 Å². The molecule has 0 spiro atoms. The first kappa shape index (κ1) is 23.2. The highest BCUT2D eigenvalue weighted by atomic mass is 32.2. The number of nitrogens with zero attached hydrogens (tertiary/aromatic N) is 3. The third-order valence-electron chi connectivity index (χ3n) is 6.77. The number of aryl methyl sites for hydroxylation is 1. The first-order valence-electron chi connectivity index (χ1n) is 12.0. The molecule has 2 aromatic carbocycles. The highest BCUT2D eigenvalue weighted by Gasteiger charge is 2.22. The van der Waals surface area contributed by atoms with Gasteiger partial charge in [-0.1, -0.05) is 6.07 Å². The molecule has 0 amide bonds. The van der Waals surface area contributed by atoms with Gasteiger partial charge < -0.3 is 9.84 Å². The number of rotatable bonds is 5. The third-order valence-corrected chi connectivity index (χ3v) is 9.17. The maximum absolute atomic E-state index is 14.1. The highest BCUT2D eigenvalue weighted by Crippen LogP contribution is 2.32. The van der Waals surface area contributed by atoms with Crippen LogP contribution in [0.2, 0.25) is 0 Å². The molecular weight excluding hydrogens is 453 g/mol. The summed E-state index contributed by atoms with van der Waals surface area (Å²) < 4.78 is 37.8. The molecular formula is C26H30FN3O3S. The monoisotopic (exact) mass is 483 g/mol. The standard InChI is InChI=1S/C26H30FN3O3S/c1-17-12-20(30-34(32)10-2-3-11-34)15-24-26(17)23(28-16-29-24)13-18-4-5-19(27)14-25(18)33-22-8-6-21(31)7-9-22/h4-5,12,14-16,21-22,31H,2-3,6-11,13H2,1H3. The van der Waals surface area contributed by atoms with Crippen LogP contribution in [0.1, 0.15) is 55.3 Å². The van der Waals surface area contributed by atoms with Gasteiger partial charge in [0.1, 0.15) is 17.9 Å². The molecule has 0 unspecified atom stereocenters. The smallest absolute Gasteiger partial charge is 0.126 e. The molecule has 2 aliphatic rings. The van der Waals surface area contributed by atoms with Crippen molar-refractivity contribution in [3.05, 3.63) is 59.3 Å². The molecule has 1 aliphatic heterocycles. The van der Waals surface area contributed by atoms with Crippen LogP contribution in [0.3, 0.4) is 0 Å². The Morgan fingerprint density at radius 3 is 2.65 bits per heavy atom. The number of hydrogen-bond acceptors (Lipinski definition) is 6. The molecule has 1 aliphatic carbocycles. The fourth-order valence-electron chi connectivity index (χ4n) is 4.99. The van der Waals surface area contributed by atoms with Gasteiger partial charge >= 0.3 is 0 Å². The van der Waals surface area contributed by atoms with E-state index in [1.165, 1.54) is 18.5 Å². The van der Waals surface area contributed by atoms with Crippen LogP contribution >= 0.6 is 0 Å². The van der Waals surface area contributed by atoms with E-state index in [2.05, 4.69) is 14.3 Å². The summed E-state index contributed by atoms with van der Waals surface area (Å²) in [5.74, 6) is 1.50. The number of aromatic nitrogens is 2. The first-order valence-corrected chi connectivity index (χ1v) is 13.8. The van der Waals surface area contributed by atoms with Gasteiger partial charge in [-0.3, -0.25) is 0 Å². The molecule has 180 valence electrons. The summed E-state index contributed by atoms with van der Waals surface area (Å²) in [5.41, 5.74) is 4.12. The van der Waals surface area contributed by atoms with Crippen LogP contribution in [0.25, 0.3) is 10.9 Å². The number of halogens is 1. The molecule has 0 bridgehead atoms. The van der Waals surface area contributed by atoms with Gasteiger partial charge in [-0.25, -0.2) is 18.6 Å². The zero-order valence-electron chi connectivity index (χ0n) is 19.4. The lowest BCUT2D eigenvalue weighted by Crippen LogP contribution is -2.26. The normalized spacial score (nSPS) is 22.1. The average molecular weight is 484 g/mol. The quantitative estimate of drug-likeness (QED) is 0.536. The van der Waals surface area contributed by atoms with Crippen molar-refractivity contribution in [1.29, 1.82) is 0 Å². The Hall–Kier alpha value is -2.58. The van der Waals surface area contributed by atoms with Crippen LogP contribution < -0.4 is 4.74 Å². The maximum Gasteiger partial charge on any atom is 0.126 e. The van der Waals surface area contributed by atoms with Gasteiger partial charge in [0.2, 0.25) is 0 Å². The SMILES string of the molecule is Cc1cc(N=S2(=O)CCCC2)cc2ncnc(Cc3ccc(F)cc3OC3CCC(O)CC3)c12. The number of aliphatic hydroxyl groups is 1. The van der Waals surface area contributed by atoms with Gasteiger partial charge in [-0.15, -0.1) is 0 Å². The Labute approximate surface area is 199 Å². The highest BCUT2D eigenvalue weighted by molar-refractivity contribution is 7.93. The molecule has 8 heteroatoms. The Bertz CT molecular complexity index is 1320. The van der Waals surface area contributed by atoms with Crippen molar-refractivity contribution in [3.8, 4) is 5.75 Å². The predicted molar refractivity (Wildman–Crippen MR) is 132 cm³/mol. The van der Waals surface area contributed by atoms with Gasteiger partial charge in [0.25, 0.3) is 0 Å². The summed E-state index contributed by atoms with van der Waals surface area (Å²) in [7, 11) is -2.16. The number of benzene rings is 2. The topological polar surface area (TPSA) is 84.7 Å². The molecule has 6 nitrogen and oxygen atoms in total. The molecule has 1 saturated carbocycles. The van der Waals surface area contributed by atoms with Crippen LogP contribution in [0.5, 0.6) is 5.75 Å². The Balaban J connectivity index is 1.47. The van der Waals surface area contributed by atoms with Crippen LogP contribution in [-0.4, -0.2) is 43.0 Å². The minimum Gasteiger partial charge on any atom is -0.490 e. The fourth-order valence-corrected chi connectivity index (χ4v) is 7.17. The van der Waals surface area contributed by atoms with E-state index < -0.39 is 9.73 Å². The van der Waals surface area contributed by atoms with Crippen LogP contribution in [0.15, 0.2) is 41.0 Å². The molecule has 3 aromatic rings. The summed E-state index contributed by atoms with van der Waals surface area (Å²) in [5, 5.41) is 10.7. The number of ether oxygens (including phenoxy) is 1. The predicted octanol–water partition coefficient (Wildman–Crippen LogP) is 5.24. The Kier molecular flexibility index (Phi) is 6.53. The van der Waals surface area contributed by atoms with Crippen molar-refractivity contribution in [2.75, 3.05) is 11.5 Å². The number of hydrogen-bond donors (Lipinski definition) is 1. The minimum absolute atomic E-state index is 0.0329. The van der Waals surface area contributed by atoms with Crippen molar-refractivity contribution in [2.24, 2.45) is 4.36 Å². The molecule has 0 atom stereocenters. The van der Waals surface area contributed by atoms with Gasteiger partial charge in [0, 0.05) is 34.9 Å². The van der Waals surface area contributed by atoms with E-state index in [-0.39, 0.29) is 18.0 Å². The summed E-state index contributed by atoms with van der Waals surface area (Å²) in [6, 6.07) is 8.47. The Morgan fingerprint density at radius 1 is 1.12 bits per heavy atom. The summed E-state index contributed by atoms with van der Waals surface area (Å²) >= 11 is 0. The van der Waals surface area contributed by atoms with Gasteiger partial charge in [0.15, 0.2) is 0 Å². The van der Waals surface area contributed by atoms with Crippen molar-refractivity contribution < 1.29 is 18.4 Å². The van der Waals surface area contributed by atoms with E-state index in [0.717, 1.165) is 53.4 Å². The van der Waals surface area contributed by atoms with E-state index in [1.54, 1.807) is 6.07 Å². The lowest BCUT2D eigenvalue weighted by Gasteiger charge is -2.27. The van der Waals surface area contributed by atoms with Crippen molar-refractivity contribution in [1.82, 2.24) is 9.97 Å². The minimum atomic E-state index is -2.16. The molecule has 0 radical (unpaired) electrons. The molecule has 5 rings (SSSR count). The van der Waals surface area contributed by atoms with Gasteiger partial charge in [0.05, 0.1) is 38.8 Å². The second kappa shape index (κ2) is 9.58. The number of aliphatic hydroxyl groups excluding tert-OH is 1. The Morgan fingerprint density at radius 2 is 1.88 bits per heavy atom. The van der Waals surface area contributed by atoms with Crippen molar-refractivity contribution in [3.63, 3.8) is 0 Å². The summed E-state index contributed by atoms with van der Waals surface area (Å²) in [6.45, 7) is 1.99. The fraction of sp³-hybridized carbons (Fsp3) is 0.462. The van der Waals surface area contributed by atoms with E-state index in [1.807, 2.05) is 19.1 Å². The molecule has 2 fully saturated rings. The lowest BCUT2D eigenvalue weighted by atomic mass is 9.95. The zero-order valence-corrected chi connectivity index (χ0v) is 20.2. The molecule has 1 saturated heterocycles. The van der Waals surface area contributed by atoms with Crippen molar-refractivity contribution >= 4 is 26.3 Å². The molecule has 34 heavy (non-hydrogen) atoms. The zero-order chi connectivity index (χ0) is 23.7. The summed E-state index contributed by atoms with van der Waals surface area (Å²) in [4.78, 5) is 9.01. The number of fused-ring (bicyclic) bond motifs is 1. The second-order valence-electron chi connectivity index (χ2n) is 9.43. The molecule has 1 aromatic heterocycles. The second-order valence-corrected chi connectivity index (χ2v) is 12.0. The maximum atomic E-state index is 14.1. The van der Waals surface area contributed by atoms with Crippen LogP contribution in [0.4, 0.5) is 10.1 Å². The van der Waals surface area contributed by atoms with E-state index >= 15 is 0 Å². The van der Waals surface area contributed by atoms with Crippen LogP contribution in [-0.2, 0) is 16.1 Å². The largest absolute Gasteiger partial charge is 0.490 e. The van der Waals surface area contributed by atoms with E-state index in [9.17, 15) is 13.7 Å². The van der Waals surface area contributed by atoms with Gasteiger partial charge in [-0.05, 0) is 69.2 Å². The van der Waals surface area contributed by atoms with Gasteiger partial charge in [-0.2, -0.15) is 4.36 Å². The molecule has 2 heterocycles. The van der Waals surface area contributed by atoms with Crippen molar-refractivity contribution in [2.45, 2.75) is 64.1 Å². The average Bonchev–Trinajstić information content (AvgIpc) is 3.23. The third kappa shape index (κ3) is 5.08. The molecule has 1 N–H and O–H groups in total. The first-order chi connectivity index (χ1) is 16.4.